The standard InChI is InChI=1S/C22H22N4O4/c1-15(16-6-8-17(9-7-16)26-12-4-5-13-26)24-25-22(28)21(27)23-19-11-10-18(29-2)14-20(19)30-3/h4-14H,1-3H3,(H,23,27)(H,25,28). The molecule has 2 N–H and O–H groups in total. The van der Waals surface area contributed by atoms with Crippen molar-refractivity contribution in [2.75, 3.05) is 19.5 Å². The van der Waals surface area contributed by atoms with Crippen LogP contribution in [0.4, 0.5) is 5.69 Å². The summed E-state index contributed by atoms with van der Waals surface area (Å²) < 4.78 is 12.3. The molecule has 1 heterocycles. The van der Waals surface area contributed by atoms with Crippen molar-refractivity contribution in [1.29, 1.82) is 0 Å². The summed E-state index contributed by atoms with van der Waals surface area (Å²) in [7, 11) is 2.98. The van der Waals surface area contributed by atoms with Gasteiger partial charge in [0.15, 0.2) is 0 Å². The summed E-state index contributed by atoms with van der Waals surface area (Å²) in [5.41, 5.74) is 5.01. The van der Waals surface area contributed by atoms with E-state index < -0.39 is 11.8 Å². The number of methoxy groups -OCH3 is 2. The highest BCUT2D eigenvalue weighted by molar-refractivity contribution is 6.39. The summed E-state index contributed by atoms with van der Waals surface area (Å²) in [6, 6.07) is 16.4. The van der Waals surface area contributed by atoms with E-state index in [-0.39, 0.29) is 0 Å². The highest BCUT2D eigenvalue weighted by Crippen LogP contribution is 2.28. The lowest BCUT2D eigenvalue weighted by molar-refractivity contribution is -0.136. The number of benzene rings is 2. The Bertz CT molecular complexity index is 1060. The van der Waals surface area contributed by atoms with Crippen LogP contribution in [-0.4, -0.2) is 36.3 Å². The first-order valence-corrected chi connectivity index (χ1v) is 9.13. The predicted molar refractivity (Wildman–Crippen MR) is 114 cm³/mol. The molecule has 0 unspecified atom stereocenters. The van der Waals surface area contributed by atoms with Gasteiger partial charge in [-0.1, -0.05) is 12.1 Å². The Hall–Kier alpha value is -4.07. The average molecular weight is 406 g/mol. The van der Waals surface area contributed by atoms with E-state index >= 15 is 0 Å². The van der Waals surface area contributed by atoms with Crippen LogP contribution in [0, 0.1) is 0 Å². The van der Waals surface area contributed by atoms with Crippen molar-refractivity contribution in [3.63, 3.8) is 0 Å². The zero-order valence-electron chi connectivity index (χ0n) is 16.9. The maximum absolute atomic E-state index is 12.2. The van der Waals surface area contributed by atoms with Gasteiger partial charge in [0.25, 0.3) is 0 Å². The molecule has 1 aromatic heterocycles. The summed E-state index contributed by atoms with van der Waals surface area (Å²) in [6.07, 6.45) is 3.90. The number of carbonyl (C=O) groups is 2. The molecule has 154 valence electrons. The lowest BCUT2D eigenvalue weighted by Gasteiger charge is -2.11. The van der Waals surface area contributed by atoms with E-state index in [1.807, 2.05) is 53.4 Å². The number of aromatic nitrogens is 1. The van der Waals surface area contributed by atoms with Crippen molar-refractivity contribution in [3.05, 3.63) is 72.6 Å². The van der Waals surface area contributed by atoms with Gasteiger partial charge >= 0.3 is 11.8 Å². The Morgan fingerprint density at radius 1 is 0.933 bits per heavy atom. The minimum Gasteiger partial charge on any atom is -0.497 e. The fraction of sp³-hybridized carbons (Fsp3) is 0.136. The largest absolute Gasteiger partial charge is 0.497 e. The molecule has 0 saturated heterocycles. The molecular weight excluding hydrogens is 384 g/mol. The zero-order chi connectivity index (χ0) is 21.5. The van der Waals surface area contributed by atoms with Gasteiger partial charge in [-0.05, 0) is 48.9 Å². The number of rotatable bonds is 6. The number of nitrogens with one attached hydrogen (secondary N) is 2. The molecule has 0 spiro atoms. The number of ether oxygens (including phenoxy) is 2. The molecular formula is C22H22N4O4. The first kappa shape index (κ1) is 20.7. The van der Waals surface area contributed by atoms with Crippen LogP contribution in [0.1, 0.15) is 12.5 Å². The number of anilines is 1. The molecule has 0 bridgehead atoms. The molecule has 0 atom stereocenters. The predicted octanol–water partition coefficient (Wildman–Crippen LogP) is 2.97. The molecule has 3 aromatic rings. The molecule has 0 aliphatic heterocycles. The molecule has 3 rings (SSSR count). The summed E-state index contributed by atoms with van der Waals surface area (Å²) >= 11 is 0. The minimum absolute atomic E-state index is 0.347. The molecule has 2 aromatic carbocycles. The Kier molecular flexibility index (Phi) is 6.49. The van der Waals surface area contributed by atoms with Crippen LogP contribution in [0.2, 0.25) is 0 Å². The van der Waals surface area contributed by atoms with E-state index in [4.69, 9.17) is 9.47 Å². The van der Waals surface area contributed by atoms with Gasteiger partial charge in [-0.3, -0.25) is 9.59 Å². The van der Waals surface area contributed by atoms with Gasteiger partial charge in [0.1, 0.15) is 11.5 Å². The van der Waals surface area contributed by atoms with Crippen LogP contribution >= 0.6 is 0 Å². The SMILES string of the molecule is COc1ccc(NC(=O)C(=O)NN=C(C)c2ccc(-n3cccc3)cc2)c(OC)c1. The number of nitrogens with zero attached hydrogens (tertiary/aromatic N) is 2. The second-order valence-electron chi connectivity index (χ2n) is 6.30. The average Bonchev–Trinajstić information content (AvgIpc) is 3.32. The van der Waals surface area contributed by atoms with Crippen molar-refractivity contribution < 1.29 is 19.1 Å². The van der Waals surface area contributed by atoms with Crippen molar-refractivity contribution in [3.8, 4) is 17.2 Å². The van der Waals surface area contributed by atoms with E-state index in [1.54, 1.807) is 25.1 Å². The minimum atomic E-state index is -0.892. The second kappa shape index (κ2) is 9.42. The van der Waals surface area contributed by atoms with Gasteiger partial charge in [0.05, 0.1) is 25.6 Å². The van der Waals surface area contributed by atoms with Gasteiger partial charge in [0, 0.05) is 24.1 Å². The van der Waals surface area contributed by atoms with Gasteiger partial charge in [-0.25, -0.2) is 5.43 Å². The number of hydrogen-bond acceptors (Lipinski definition) is 5. The Labute approximate surface area is 174 Å². The van der Waals surface area contributed by atoms with Gasteiger partial charge in [-0.2, -0.15) is 5.10 Å². The topological polar surface area (TPSA) is 94.0 Å². The molecule has 8 heteroatoms. The number of amides is 2. The molecule has 0 aliphatic carbocycles. The number of hydrazone groups is 1. The lowest BCUT2D eigenvalue weighted by atomic mass is 10.1. The summed E-state index contributed by atoms with van der Waals surface area (Å²) in [4.78, 5) is 24.3. The van der Waals surface area contributed by atoms with E-state index in [1.165, 1.54) is 14.2 Å². The smallest absolute Gasteiger partial charge is 0.329 e. The fourth-order valence-electron chi connectivity index (χ4n) is 2.71. The van der Waals surface area contributed by atoms with Crippen LogP contribution in [0.25, 0.3) is 5.69 Å². The van der Waals surface area contributed by atoms with Gasteiger partial charge < -0.3 is 19.4 Å². The summed E-state index contributed by atoms with van der Waals surface area (Å²) in [5, 5.41) is 6.51. The molecule has 2 amide bonds. The highest BCUT2D eigenvalue weighted by Gasteiger charge is 2.16. The van der Waals surface area contributed by atoms with E-state index in [0.29, 0.717) is 22.9 Å². The van der Waals surface area contributed by atoms with E-state index in [0.717, 1.165) is 11.3 Å². The maximum atomic E-state index is 12.2. The Morgan fingerprint density at radius 3 is 2.27 bits per heavy atom. The first-order valence-electron chi connectivity index (χ1n) is 9.13. The van der Waals surface area contributed by atoms with Gasteiger partial charge in [0.2, 0.25) is 0 Å². The second-order valence-corrected chi connectivity index (χ2v) is 6.30. The van der Waals surface area contributed by atoms with Crippen LogP contribution in [0.5, 0.6) is 11.5 Å². The molecule has 0 fully saturated rings. The van der Waals surface area contributed by atoms with Crippen LogP contribution in [0.3, 0.4) is 0 Å². The quantitative estimate of drug-likeness (QED) is 0.374. The number of hydrogen-bond donors (Lipinski definition) is 2. The molecule has 0 radical (unpaired) electrons. The van der Waals surface area contributed by atoms with E-state index in [2.05, 4.69) is 15.8 Å². The van der Waals surface area contributed by atoms with Crippen molar-refractivity contribution in [1.82, 2.24) is 9.99 Å². The lowest BCUT2D eigenvalue weighted by Crippen LogP contribution is -2.33. The monoisotopic (exact) mass is 406 g/mol. The third kappa shape index (κ3) is 4.85. The third-order valence-corrected chi connectivity index (χ3v) is 4.38. The van der Waals surface area contributed by atoms with Crippen LogP contribution in [0.15, 0.2) is 72.1 Å². The molecule has 8 nitrogen and oxygen atoms in total. The van der Waals surface area contributed by atoms with Gasteiger partial charge in [-0.15, -0.1) is 0 Å². The van der Waals surface area contributed by atoms with Crippen molar-refractivity contribution >= 4 is 23.2 Å². The fourth-order valence-corrected chi connectivity index (χ4v) is 2.71. The Morgan fingerprint density at radius 2 is 1.63 bits per heavy atom. The highest BCUT2D eigenvalue weighted by atomic mass is 16.5. The molecule has 0 saturated carbocycles. The van der Waals surface area contributed by atoms with E-state index in [9.17, 15) is 9.59 Å². The third-order valence-electron chi connectivity index (χ3n) is 4.38. The summed E-state index contributed by atoms with van der Waals surface area (Å²) in [6.45, 7) is 1.75. The van der Waals surface area contributed by atoms with Crippen LogP contribution in [-0.2, 0) is 9.59 Å². The maximum Gasteiger partial charge on any atom is 0.329 e. The molecule has 30 heavy (non-hydrogen) atoms. The van der Waals surface area contributed by atoms with Crippen molar-refractivity contribution in [2.45, 2.75) is 6.92 Å². The Balaban J connectivity index is 1.62. The first-order chi connectivity index (χ1) is 14.5. The van der Waals surface area contributed by atoms with Crippen molar-refractivity contribution in [2.24, 2.45) is 5.10 Å². The normalized spacial score (nSPS) is 11.0. The van der Waals surface area contributed by atoms with Crippen LogP contribution < -0.4 is 20.2 Å². The summed E-state index contributed by atoms with van der Waals surface area (Å²) in [5.74, 6) is -0.815. The molecule has 0 aliphatic rings. The number of carbonyl (C=O) groups excluding carboxylic acids is 2. The zero-order valence-corrected chi connectivity index (χ0v) is 16.9.